The number of fused-ring (bicyclic) bond motifs is 9. The number of ether oxygens (including phenoxy) is 4. The topological polar surface area (TPSA) is 105 Å². The summed E-state index contributed by atoms with van der Waals surface area (Å²) in [6.45, 7) is 11.5. The lowest BCUT2D eigenvalue weighted by Crippen LogP contribution is -2.45. The van der Waals surface area contributed by atoms with E-state index in [-0.39, 0.29) is 22.7 Å². The van der Waals surface area contributed by atoms with E-state index in [2.05, 4.69) is 53.7 Å². The molecule has 8 atom stereocenters. The van der Waals surface area contributed by atoms with Crippen LogP contribution in [-0.2, 0) is 39.5 Å². The summed E-state index contributed by atoms with van der Waals surface area (Å²) in [6.07, 6.45) is 6.24. The zero-order chi connectivity index (χ0) is 33.0. The Morgan fingerprint density at radius 2 is 0.957 bits per heavy atom. The van der Waals surface area contributed by atoms with Crippen LogP contribution in [0.3, 0.4) is 0 Å². The lowest BCUT2D eigenvalue weighted by atomic mass is 9.65. The van der Waals surface area contributed by atoms with Crippen molar-refractivity contribution in [2.24, 2.45) is 47.3 Å². The first-order valence-corrected chi connectivity index (χ1v) is 16.3. The number of esters is 4. The minimum absolute atomic E-state index is 0.0390. The molecule has 8 heteroatoms. The van der Waals surface area contributed by atoms with E-state index in [0.29, 0.717) is 35.2 Å². The lowest BCUT2D eigenvalue weighted by Gasteiger charge is -2.39. The largest absolute Gasteiger partial charge is 0.453 e. The molecule has 8 nitrogen and oxygen atoms in total. The Bertz CT molecular complexity index is 1410. The zero-order valence-corrected chi connectivity index (χ0v) is 27.5. The van der Waals surface area contributed by atoms with E-state index in [9.17, 15) is 19.2 Å². The minimum atomic E-state index is -0.744. The molecule has 46 heavy (non-hydrogen) atoms. The number of hydrogen-bond acceptors (Lipinski definition) is 8. The van der Waals surface area contributed by atoms with Crippen molar-refractivity contribution in [2.45, 2.75) is 65.2 Å². The molecule has 0 spiro atoms. The molecule has 8 unspecified atom stereocenters. The maximum Gasteiger partial charge on any atom is 0.349 e. The monoisotopic (exact) mass is 628 g/mol. The van der Waals surface area contributed by atoms with Gasteiger partial charge in [-0.3, -0.25) is 9.59 Å². The molecular formula is C38H44O8. The third kappa shape index (κ3) is 6.23. The molecule has 0 heterocycles. The molecule has 4 bridgehead atoms. The molecule has 244 valence electrons. The highest BCUT2D eigenvalue weighted by molar-refractivity contribution is 5.86. The number of carbonyl (C=O) groups excluding carboxylic acids is 4. The Kier molecular flexibility index (Phi) is 8.36. The van der Waals surface area contributed by atoms with Gasteiger partial charge in [-0.2, -0.15) is 0 Å². The number of hydrogen-bond donors (Lipinski definition) is 0. The second-order valence-corrected chi connectivity index (χ2v) is 15.4. The van der Waals surface area contributed by atoms with Gasteiger partial charge in [-0.1, -0.05) is 78.0 Å². The molecule has 0 N–H and O–H groups in total. The summed E-state index contributed by atoms with van der Waals surface area (Å²) in [5, 5.41) is 0. The molecular weight excluding hydrogens is 584 g/mol. The molecule has 0 aliphatic heterocycles. The summed E-state index contributed by atoms with van der Waals surface area (Å²) in [7, 11) is 0. The summed E-state index contributed by atoms with van der Waals surface area (Å²) in [5.74, 6) is -2.06. The van der Waals surface area contributed by atoms with Crippen molar-refractivity contribution in [3.8, 4) is 11.5 Å². The van der Waals surface area contributed by atoms with Crippen molar-refractivity contribution in [3.05, 3.63) is 71.8 Å². The van der Waals surface area contributed by atoms with Gasteiger partial charge < -0.3 is 18.9 Å². The van der Waals surface area contributed by atoms with E-state index in [4.69, 9.17) is 18.9 Å². The van der Waals surface area contributed by atoms with Gasteiger partial charge in [0.1, 0.15) is 11.5 Å². The van der Waals surface area contributed by atoms with Gasteiger partial charge in [0, 0.05) is 0 Å². The van der Waals surface area contributed by atoms with E-state index in [1.54, 1.807) is 24.3 Å². The third-order valence-corrected chi connectivity index (χ3v) is 10.5. The molecule has 3 fully saturated rings. The van der Waals surface area contributed by atoms with Crippen LogP contribution < -0.4 is 9.47 Å². The number of carbonyl (C=O) groups is 4. The molecule has 4 aliphatic carbocycles. The molecule has 0 aromatic heterocycles. The summed E-state index contributed by atoms with van der Waals surface area (Å²) < 4.78 is 21.8. The predicted molar refractivity (Wildman–Crippen MR) is 170 cm³/mol. The maximum atomic E-state index is 13.6. The first-order chi connectivity index (χ1) is 21.7. The Labute approximate surface area is 270 Å². The van der Waals surface area contributed by atoms with Crippen LogP contribution >= 0.6 is 0 Å². The molecule has 2 aromatic rings. The second-order valence-electron chi connectivity index (χ2n) is 15.4. The Morgan fingerprint density at radius 3 is 1.30 bits per heavy atom. The summed E-state index contributed by atoms with van der Waals surface area (Å²) in [5.41, 5.74) is 2.13. The number of rotatable bonds is 8. The number of benzene rings is 2. The average molecular weight is 629 g/mol. The molecule has 2 aromatic carbocycles. The molecule has 0 amide bonds. The van der Waals surface area contributed by atoms with Gasteiger partial charge in [0.25, 0.3) is 0 Å². The fourth-order valence-corrected chi connectivity index (χ4v) is 8.50. The molecule has 6 rings (SSSR count). The molecule has 4 aliphatic rings. The van der Waals surface area contributed by atoms with Crippen molar-refractivity contribution in [1.82, 2.24) is 0 Å². The fourth-order valence-electron chi connectivity index (χ4n) is 8.50. The van der Waals surface area contributed by atoms with Crippen LogP contribution in [0.15, 0.2) is 60.7 Å². The Hall–Kier alpha value is -3.94. The highest BCUT2D eigenvalue weighted by Gasteiger charge is 2.68. The SMILES string of the molecule is CC(C)(C)c1ccc(OC(=O)COC(=O)C2C3CC(C2C(=O)OCC(=O)Oc2ccc(C(C)(C)C)cc2)C2C4C=CC(C4)C32)cc1. The quantitative estimate of drug-likeness (QED) is 0.147. The van der Waals surface area contributed by atoms with E-state index in [1.807, 2.05) is 24.3 Å². The van der Waals surface area contributed by atoms with Crippen LogP contribution in [-0.4, -0.2) is 37.1 Å². The minimum Gasteiger partial charge on any atom is -0.453 e. The van der Waals surface area contributed by atoms with Crippen LogP contribution in [0.2, 0.25) is 0 Å². The van der Waals surface area contributed by atoms with Gasteiger partial charge in [-0.15, -0.1) is 0 Å². The molecule has 0 saturated heterocycles. The summed E-state index contributed by atoms with van der Waals surface area (Å²) in [6, 6.07) is 14.5. The van der Waals surface area contributed by atoms with Gasteiger partial charge in [-0.05, 0) is 94.6 Å². The average Bonchev–Trinajstić information content (AvgIpc) is 3.78. The zero-order valence-electron chi connectivity index (χ0n) is 27.5. The van der Waals surface area contributed by atoms with Crippen molar-refractivity contribution < 1.29 is 38.1 Å². The second kappa shape index (κ2) is 12.0. The van der Waals surface area contributed by atoms with Gasteiger partial charge in [0.15, 0.2) is 13.2 Å². The van der Waals surface area contributed by atoms with E-state index >= 15 is 0 Å². The van der Waals surface area contributed by atoms with Crippen LogP contribution in [0.4, 0.5) is 0 Å². The normalized spacial score (nSPS) is 28.9. The predicted octanol–water partition coefficient (Wildman–Crippen LogP) is 6.20. The van der Waals surface area contributed by atoms with Crippen molar-refractivity contribution in [2.75, 3.05) is 13.2 Å². The lowest BCUT2D eigenvalue weighted by molar-refractivity contribution is -0.170. The third-order valence-electron chi connectivity index (χ3n) is 10.5. The molecule has 0 radical (unpaired) electrons. The van der Waals surface area contributed by atoms with Gasteiger partial charge >= 0.3 is 23.9 Å². The first kappa shape index (κ1) is 32.0. The highest BCUT2D eigenvalue weighted by Crippen LogP contribution is 2.69. The Balaban J connectivity index is 1.08. The maximum absolute atomic E-state index is 13.6. The standard InChI is InChI=1S/C38H44O8/c1-37(2,3)23-9-13-25(14-10-23)45-29(39)19-43-35(41)33-27-18-28(32-22-8-7-21(17-22)31(27)32)34(33)36(42)44-20-30(40)46-26-15-11-24(12-16-26)38(4,5)6/h7-16,21-22,27-28,31-34H,17-20H2,1-6H3. The van der Waals surface area contributed by atoms with Crippen molar-refractivity contribution in [1.29, 1.82) is 0 Å². The van der Waals surface area contributed by atoms with Crippen LogP contribution in [0.1, 0.15) is 65.5 Å². The summed E-state index contributed by atoms with van der Waals surface area (Å²) >= 11 is 0. The van der Waals surface area contributed by atoms with E-state index < -0.39 is 48.9 Å². The number of allylic oxidation sites excluding steroid dienone is 2. The highest BCUT2D eigenvalue weighted by atomic mass is 16.6. The Morgan fingerprint density at radius 1 is 0.587 bits per heavy atom. The van der Waals surface area contributed by atoms with Gasteiger partial charge in [-0.25, -0.2) is 9.59 Å². The van der Waals surface area contributed by atoms with E-state index in [0.717, 1.165) is 24.0 Å². The first-order valence-electron chi connectivity index (χ1n) is 16.3. The van der Waals surface area contributed by atoms with Crippen molar-refractivity contribution >= 4 is 23.9 Å². The van der Waals surface area contributed by atoms with E-state index in [1.165, 1.54) is 0 Å². The van der Waals surface area contributed by atoms with Crippen molar-refractivity contribution in [3.63, 3.8) is 0 Å². The van der Waals surface area contributed by atoms with Crippen LogP contribution in [0.25, 0.3) is 0 Å². The molecule has 3 saturated carbocycles. The fraction of sp³-hybridized carbons (Fsp3) is 0.526. The van der Waals surface area contributed by atoms with Gasteiger partial charge in [0.2, 0.25) is 0 Å². The summed E-state index contributed by atoms with van der Waals surface area (Å²) in [4.78, 5) is 52.4. The van der Waals surface area contributed by atoms with Crippen LogP contribution in [0, 0.1) is 47.3 Å². The van der Waals surface area contributed by atoms with Gasteiger partial charge in [0.05, 0.1) is 11.8 Å². The van der Waals surface area contributed by atoms with Crippen LogP contribution in [0.5, 0.6) is 11.5 Å². The smallest absolute Gasteiger partial charge is 0.349 e.